The van der Waals surface area contributed by atoms with Crippen LogP contribution in [0.4, 0.5) is 0 Å². The number of amides is 5. The van der Waals surface area contributed by atoms with Gasteiger partial charge in [-0.15, -0.1) is 0 Å². The van der Waals surface area contributed by atoms with Crippen LogP contribution in [-0.2, 0) is 24.0 Å². The molecule has 0 radical (unpaired) electrons. The highest BCUT2D eigenvalue weighted by molar-refractivity contribution is 6.38. The third kappa shape index (κ3) is 11.0. The SMILES string of the molecule is CCCC[C@@H]1C[C@@H](C(=O)N[C@H](CCC)C(=O)C(=O)NC2CC2)N(C(=O)[C@@H](NC(=O)[C@H](NC(=O)c2cccc(=O)[nH]2)C(C)(C)C)C(C)(C)C)C1. The van der Waals surface area contributed by atoms with Crippen molar-refractivity contribution in [3.63, 3.8) is 0 Å². The molecule has 1 aromatic heterocycles. The number of aromatic amines is 1. The second-order valence-corrected chi connectivity index (χ2v) is 15.7. The molecular weight excluding hydrogens is 628 g/mol. The number of hydrogen-bond donors (Lipinski definition) is 5. The number of H-pyrrole nitrogens is 1. The van der Waals surface area contributed by atoms with E-state index in [0.29, 0.717) is 19.4 Å². The number of rotatable bonds is 15. The Labute approximate surface area is 289 Å². The Hall–Kier alpha value is -4.03. The first-order chi connectivity index (χ1) is 22.9. The minimum Gasteiger partial charge on any atom is -0.347 e. The van der Waals surface area contributed by atoms with Crippen LogP contribution in [0.2, 0.25) is 0 Å². The summed E-state index contributed by atoms with van der Waals surface area (Å²) < 4.78 is 0. The number of nitrogens with one attached hydrogen (secondary N) is 5. The summed E-state index contributed by atoms with van der Waals surface area (Å²) in [5.41, 5.74) is -2.05. The van der Waals surface area contributed by atoms with Crippen molar-refractivity contribution in [2.75, 3.05) is 6.54 Å². The van der Waals surface area contributed by atoms with Gasteiger partial charge in [0.05, 0.1) is 6.04 Å². The van der Waals surface area contributed by atoms with Crippen LogP contribution in [0.15, 0.2) is 23.0 Å². The lowest BCUT2D eigenvalue weighted by Gasteiger charge is -2.38. The molecule has 5 atom stereocenters. The lowest BCUT2D eigenvalue weighted by Crippen LogP contribution is -2.62. The van der Waals surface area contributed by atoms with Gasteiger partial charge in [0.25, 0.3) is 11.8 Å². The predicted molar refractivity (Wildman–Crippen MR) is 185 cm³/mol. The van der Waals surface area contributed by atoms with Crippen molar-refractivity contribution in [3.8, 4) is 0 Å². The van der Waals surface area contributed by atoms with Gasteiger partial charge in [0.1, 0.15) is 23.8 Å². The maximum atomic E-state index is 14.5. The fourth-order valence-corrected chi connectivity index (χ4v) is 6.09. The third-order valence-corrected chi connectivity index (χ3v) is 9.10. The van der Waals surface area contributed by atoms with E-state index in [1.54, 1.807) is 20.8 Å². The van der Waals surface area contributed by atoms with E-state index in [1.165, 1.54) is 23.1 Å². The number of nitrogens with zero attached hydrogens (tertiary/aromatic N) is 1. The molecule has 13 heteroatoms. The summed E-state index contributed by atoms with van der Waals surface area (Å²) in [5.74, 6) is -3.57. The number of pyridine rings is 1. The van der Waals surface area contributed by atoms with Crippen molar-refractivity contribution < 1.29 is 28.8 Å². The third-order valence-electron chi connectivity index (χ3n) is 9.10. The molecule has 1 aliphatic carbocycles. The molecule has 2 fully saturated rings. The summed E-state index contributed by atoms with van der Waals surface area (Å²) in [5, 5.41) is 11.1. The Morgan fingerprint density at radius 1 is 0.898 bits per heavy atom. The summed E-state index contributed by atoms with van der Waals surface area (Å²) >= 11 is 0. The summed E-state index contributed by atoms with van der Waals surface area (Å²) in [6.07, 6.45) is 5.54. The standard InChI is InChI=1S/C36H56N6O7/c1-9-11-14-21-19-25(31(46)39-23(13-10-2)27(44)32(47)37-22-17-18-22)42(20-21)34(49)29(36(6,7)8)41-33(48)28(35(3,4)5)40-30(45)24-15-12-16-26(43)38-24/h12,15-16,21-23,25,28-29H,9-11,13-14,17-20H2,1-8H3,(H,37,47)(H,38,43)(H,39,46)(H,40,45)(H,41,48)/t21-,23-,25+,28+,29-/m1/s1. The van der Waals surface area contributed by atoms with Gasteiger partial charge in [-0.1, -0.05) is 80.7 Å². The fourth-order valence-electron chi connectivity index (χ4n) is 6.09. The van der Waals surface area contributed by atoms with Crippen molar-refractivity contribution in [1.82, 2.24) is 31.2 Å². The largest absolute Gasteiger partial charge is 0.347 e. The smallest absolute Gasteiger partial charge is 0.289 e. The molecule has 1 aromatic rings. The molecular formula is C36H56N6O7. The zero-order valence-corrected chi connectivity index (χ0v) is 30.4. The Bertz CT molecular complexity index is 1440. The van der Waals surface area contributed by atoms with Crippen LogP contribution in [0, 0.1) is 16.7 Å². The summed E-state index contributed by atoms with van der Waals surface area (Å²) in [4.78, 5) is 96.8. The molecule has 5 amide bonds. The normalized spacial score (nSPS) is 19.7. The van der Waals surface area contributed by atoms with Crippen LogP contribution in [-0.4, -0.2) is 82.0 Å². The van der Waals surface area contributed by atoms with Crippen molar-refractivity contribution in [3.05, 3.63) is 34.2 Å². The first-order valence-electron chi connectivity index (χ1n) is 17.6. The van der Waals surface area contributed by atoms with Crippen LogP contribution in [0.25, 0.3) is 0 Å². The molecule has 3 rings (SSSR count). The van der Waals surface area contributed by atoms with Gasteiger partial charge < -0.3 is 31.2 Å². The molecule has 1 saturated carbocycles. The molecule has 2 heterocycles. The Morgan fingerprint density at radius 3 is 2.10 bits per heavy atom. The van der Waals surface area contributed by atoms with E-state index >= 15 is 0 Å². The molecule has 0 unspecified atom stereocenters. The Balaban J connectivity index is 1.86. The lowest BCUT2D eigenvalue weighted by atomic mass is 9.83. The summed E-state index contributed by atoms with van der Waals surface area (Å²) in [7, 11) is 0. The molecule has 0 aromatic carbocycles. The average molecular weight is 685 g/mol. The Kier molecular flexibility index (Phi) is 13.3. The number of aromatic nitrogens is 1. The van der Waals surface area contributed by atoms with Crippen molar-refractivity contribution in [2.24, 2.45) is 16.7 Å². The summed E-state index contributed by atoms with van der Waals surface area (Å²) in [6, 6.07) is 0.0655. The first kappa shape index (κ1) is 39.4. The maximum absolute atomic E-state index is 14.5. The zero-order chi connectivity index (χ0) is 36.7. The number of unbranched alkanes of at least 4 members (excludes halogenated alkanes) is 1. The Morgan fingerprint density at radius 2 is 1.55 bits per heavy atom. The topological polar surface area (TPSA) is 187 Å². The minimum atomic E-state index is -1.08. The van der Waals surface area contributed by atoms with E-state index in [-0.39, 0.29) is 24.1 Å². The monoisotopic (exact) mass is 684 g/mol. The molecule has 13 nitrogen and oxygen atoms in total. The van der Waals surface area contributed by atoms with Crippen LogP contribution in [0.3, 0.4) is 0 Å². The summed E-state index contributed by atoms with van der Waals surface area (Å²) in [6.45, 7) is 15.0. The van der Waals surface area contributed by atoms with Crippen LogP contribution in [0.1, 0.15) is 117 Å². The van der Waals surface area contributed by atoms with Gasteiger partial charge in [0.2, 0.25) is 29.1 Å². The number of hydrogen-bond acceptors (Lipinski definition) is 7. The molecule has 49 heavy (non-hydrogen) atoms. The van der Waals surface area contributed by atoms with Crippen LogP contribution < -0.4 is 26.8 Å². The van der Waals surface area contributed by atoms with Crippen LogP contribution in [0.5, 0.6) is 0 Å². The van der Waals surface area contributed by atoms with Crippen molar-refractivity contribution >= 4 is 35.3 Å². The number of likely N-dealkylation sites (tertiary alicyclic amines) is 1. The number of Topliss-reactive ketones (excluding diaryl/α,β-unsaturated/α-hetero) is 1. The molecule has 1 saturated heterocycles. The molecule has 0 spiro atoms. The first-order valence-corrected chi connectivity index (χ1v) is 17.6. The maximum Gasteiger partial charge on any atom is 0.289 e. The van der Waals surface area contributed by atoms with Crippen LogP contribution >= 0.6 is 0 Å². The lowest BCUT2D eigenvalue weighted by molar-refractivity contribution is -0.145. The van der Waals surface area contributed by atoms with E-state index in [4.69, 9.17) is 0 Å². The molecule has 0 bridgehead atoms. The second kappa shape index (κ2) is 16.6. The molecule has 272 valence electrons. The predicted octanol–water partition coefficient (Wildman–Crippen LogP) is 2.59. The van der Waals surface area contributed by atoms with Crippen molar-refractivity contribution in [2.45, 2.75) is 137 Å². The fraction of sp³-hybridized carbons (Fsp3) is 0.694. The van der Waals surface area contributed by atoms with E-state index in [9.17, 15) is 33.6 Å². The molecule has 1 aliphatic heterocycles. The average Bonchev–Trinajstić information content (AvgIpc) is 3.73. The van der Waals surface area contributed by atoms with Gasteiger partial charge in [0.15, 0.2) is 0 Å². The minimum absolute atomic E-state index is 0.00481. The number of carbonyl (C=O) groups excluding carboxylic acids is 6. The number of ketones is 1. The van der Waals surface area contributed by atoms with Gasteiger partial charge in [-0.05, 0) is 54.9 Å². The molecule has 5 N–H and O–H groups in total. The van der Waals surface area contributed by atoms with E-state index in [0.717, 1.165) is 32.1 Å². The highest BCUT2D eigenvalue weighted by Gasteiger charge is 2.46. The van der Waals surface area contributed by atoms with E-state index in [2.05, 4.69) is 33.2 Å². The highest BCUT2D eigenvalue weighted by Crippen LogP contribution is 2.32. The van der Waals surface area contributed by atoms with E-state index < -0.39 is 75.9 Å². The van der Waals surface area contributed by atoms with Gasteiger partial charge in [-0.2, -0.15) is 0 Å². The van der Waals surface area contributed by atoms with Gasteiger partial charge in [0, 0.05) is 18.7 Å². The van der Waals surface area contributed by atoms with Gasteiger partial charge in [-0.3, -0.25) is 33.6 Å². The zero-order valence-electron chi connectivity index (χ0n) is 30.4. The second-order valence-electron chi connectivity index (χ2n) is 15.7. The quantitative estimate of drug-likeness (QED) is 0.176. The van der Waals surface area contributed by atoms with Gasteiger partial charge >= 0.3 is 0 Å². The van der Waals surface area contributed by atoms with Crippen molar-refractivity contribution in [1.29, 1.82) is 0 Å². The van der Waals surface area contributed by atoms with Gasteiger partial charge in [-0.25, -0.2) is 0 Å². The molecule has 2 aliphatic rings. The van der Waals surface area contributed by atoms with E-state index in [1.807, 2.05) is 27.7 Å². The number of carbonyl (C=O) groups is 6. The highest BCUT2D eigenvalue weighted by atomic mass is 16.2.